The zero-order chi connectivity index (χ0) is 19.6. The van der Waals surface area contributed by atoms with Gasteiger partial charge in [0.05, 0.1) is 6.04 Å². The normalized spacial score (nSPS) is 17.8. The van der Waals surface area contributed by atoms with Crippen molar-refractivity contribution in [3.8, 4) is 11.5 Å². The van der Waals surface area contributed by atoms with Gasteiger partial charge in [0.1, 0.15) is 17.1 Å². The number of fused-ring (bicyclic) bond motifs is 1. The van der Waals surface area contributed by atoms with E-state index in [-0.39, 0.29) is 24.2 Å². The van der Waals surface area contributed by atoms with Gasteiger partial charge in [-0.3, -0.25) is 4.79 Å². The second-order valence-corrected chi connectivity index (χ2v) is 8.24. The predicted octanol–water partition coefficient (Wildman–Crippen LogP) is 4.92. The first-order valence-electron chi connectivity index (χ1n) is 9.55. The number of amides is 1. The number of hydrogen-bond donors (Lipinski definition) is 1. The first-order valence-corrected chi connectivity index (χ1v) is 9.55. The fraction of sp³-hybridized carbons (Fsp3) is 0.435. The maximum Gasteiger partial charge on any atom is 0.258 e. The van der Waals surface area contributed by atoms with Crippen LogP contribution in [-0.4, -0.2) is 18.1 Å². The molecule has 0 radical (unpaired) electrons. The van der Waals surface area contributed by atoms with Crippen molar-refractivity contribution in [2.45, 2.75) is 58.6 Å². The van der Waals surface area contributed by atoms with Gasteiger partial charge in [0.2, 0.25) is 0 Å². The predicted molar refractivity (Wildman–Crippen MR) is 107 cm³/mol. The molecule has 1 amide bonds. The number of rotatable bonds is 5. The number of hydrogen-bond acceptors (Lipinski definition) is 3. The molecule has 0 spiro atoms. The van der Waals surface area contributed by atoms with E-state index in [2.05, 4.69) is 19.2 Å². The zero-order valence-corrected chi connectivity index (χ0v) is 16.8. The van der Waals surface area contributed by atoms with E-state index in [1.165, 1.54) is 5.56 Å². The number of carbonyl (C=O) groups excluding carboxylic acids is 1. The molecule has 1 N–H and O–H groups in total. The van der Waals surface area contributed by atoms with Gasteiger partial charge < -0.3 is 14.8 Å². The summed E-state index contributed by atoms with van der Waals surface area (Å²) in [5.41, 5.74) is 3.09. The highest BCUT2D eigenvalue weighted by Gasteiger charge is 2.34. The number of aryl methyl sites for hydroxylation is 1. The Labute approximate surface area is 161 Å². The minimum atomic E-state index is -0.327. The van der Waals surface area contributed by atoms with E-state index in [0.717, 1.165) is 23.3 Å². The summed E-state index contributed by atoms with van der Waals surface area (Å²) in [6.07, 6.45) is 0.720. The van der Waals surface area contributed by atoms with Crippen molar-refractivity contribution < 1.29 is 14.3 Å². The Morgan fingerprint density at radius 2 is 1.93 bits per heavy atom. The Morgan fingerprint density at radius 1 is 1.22 bits per heavy atom. The maximum atomic E-state index is 12.5. The minimum absolute atomic E-state index is 0.00000559. The molecule has 0 saturated heterocycles. The van der Waals surface area contributed by atoms with Crippen molar-refractivity contribution in [2.24, 2.45) is 0 Å². The van der Waals surface area contributed by atoms with Gasteiger partial charge >= 0.3 is 0 Å². The largest absolute Gasteiger partial charge is 0.487 e. The van der Waals surface area contributed by atoms with Gasteiger partial charge in [-0.2, -0.15) is 0 Å². The smallest absolute Gasteiger partial charge is 0.258 e. The van der Waals surface area contributed by atoms with Crippen molar-refractivity contribution in [3.63, 3.8) is 0 Å². The van der Waals surface area contributed by atoms with Crippen LogP contribution < -0.4 is 14.8 Å². The summed E-state index contributed by atoms with van der Waals surface area (Å²) < 4.78 is 11.7. The summed E-state index contributed by atoms with van der Waals surface area (Å²) in [6.45, 7) is 10.4. The average molecular weight is 367 g/mol. The van der Waals surface area contributed by atoms with Crippen molar-refractivity contribution in [2.75, 3.05) is 6.61 Å². The third kappa shape index (κ3) is 4.82. The molecule has 4 nitrogen and oxygen atoms in total. The van der Waals surface area contributed by atoms with E-state index in [4.69, 9.17) is 9.47 Å². The Hall–Kier alpha value is -2.49. The van der Waals surface area contributed by atoms with Crippen molar-refractivity contribution >= 4 is 5.91 Å². The van der Waals surface area contributed by atoms with Crippen LogP contribution in [0.5, 0.6) is 11.5 Å². The highest BCUT2D eigenvalue weighted by atomic mass is 16.5. The quantitative estimate of drug-likeness (QED) is 0.816. The molecule has 2 aromatic rings. The Bertz CT molecular complexity index is 809. The van der Waals surface area contributed by atoms with E-state index in [1.807, 2.05) is 63.2 Å². The molecule has 1 aliphatic heterocycles. The lowest BCUT2D eigenvalue weighted by Gasteiger charge is -2.38. The topological polar surface area (TPSA) is 47.6 Å². The zero-order valence-electron chi connectivity index (χ0n) is 16.8. The van der Waals surface area contributed by atoms with E-state index in [9.17, 15) is 4.79 Å². The molecule has 0 bridgehead atoms. The first-order chi connectivity index (χ1) is 12.7. The molecule has 4 heteroatoms. The minimum Gasteiger partial charge on any atom is -0.487 e. The summed E-state index contributed by atoms with van der Waals surface area (Å²) in [4.78, 5) is 12.5. The molecule has 1 heterocycles. The van der Waals surface area contributed by atoms with Crippen LogP contribution in [0.3, 0.4) is 0 Å². The molecule has 2 aromatic carbocycles. The Kier molecular flexibility index (Phi) is 5.45. The van der Waals surface area contributed by atoms with Crippen molar-refractivity contribution in [1.82, 2.24) is 5.32 Å². The van der Waals surface area contributed by atoms with Gasteiger partial charge in [-0.15, -0.1) is 0 Å². The molecular formula is C23H29NO3. The van der Waals surface area contributed by atoms with Gasteiger partial charge in [0, 0.05) is 12.0 Å². The van der Waals surface area contributed by atoms with E-state index >= 15 is 0 Å². The average Bonchev–Trinajstić information content (AvgIpc) is 2.59. The fourth-order valence-electron chi connectivity index (χ4n) is 3.42. The number of nitrogens with one attached hydrogen (secondary N) is 1. The van der Waals surface area contributed by atoms with Crippen LogP contribution in [0.4, 0.5) is 0 Å². The van der Waals surface area contributed by atoms with Crippen LogP contribution in [0, 0.1) is 6.92 Å². The summed E-state index contributed by atoms with van der Waals surface area (Å²) in [6, 6.07) is 13.9. The summed E-state index contributed by atoms with van der Waals surface area (Å²) >= 11 is 0. The van der Waals surface area contributed by atoms with Crippen LogP contribution in [0.15, 0.2) is 42.5 Å². The van der Waals surface area contributed by atoms with Crippen LogP contribution in [0.25, 0.3) is 0 Å². The van der Waals surface area contributed by atoms with Crippen LogP contribution >= 0.6 is 0 Å². The molecule has 0 fully saturated rings. The third-order valence-corrected chi connectivity index (χ3v) is 4.88. The molecule has 1 atom stereocenters. The Balaban J connectivity index is 1.63. The number of carbonyl (C=O) groups is 1. The van der Waals surface area contributed by atoms with Gasteiger partial charge in [-0.25, -0.2) is 0 Å². The Morgan fingerprint density at radius 3 is 2.59 bits per heavy atom. The molecular weight excluding hydrogens is 338 g/mol. The molecule has 3 rings (SSSR count). The lowest BCUT2D eigenvalue weighted by molar-refractivity contribution is -0.124. The highest BCUT2D eigenvalue weighted by Crippen LogP contribution is 2.39. The first kappa shape index (κ1) is 19.3. The van der Waals surface area contributed by atoms with Gasteiger partial charge in [0.15, 0.2) is 6.61 Å². The summed E-state index contributed by atoms with van der Waals surface area (Å²) in [5.74, 6) is 1.90. The third-order valence-electron chi connectivity index (χ3n) is 4.88. The molecule has 27 heavy (non-hydrogen) atoms. The number of ether oxygens (including phenoxy) is 2. The van der Waals surface area contributed by atoms with Crippen LogP contribution in [-0.2, 0) is 4.79 Å². The molecule has 144 valence electrons. The highest BCUT2D eigenvalue weighted by molar-refractivity contribution is 5.78. The van der Waals surface area contributed by atoms with Crippen molar-refractivity contribution in [1.29, 1.82) is 0 Å². The maximum absolute atomic E-state index is 12.5. The second kappa shape index (κ2) is 7.63. The lowest BCUT2D eigenvalue weighted by Crippen LogP contribution is -2.42. The molecule has 0 unspecified atom stereocenters. The second-order valence-electron chi connectivity index (χ2n) is 8.24. The van der Waals surface area contributed by atoms with E-state index in [0.29, 0.717) is 11.7 Å². The van der Waals surface area contributed by atoms with Crippen LogP contribution in [0.1, 0.15) is 62.8 Å². The lowest BCUT2D eigenvalue weighted by atomic mass is 9.89. The van der Waals surface area contributed by atoms with Crippen LogP contribution in [0.2, 0.25) is 0 Å². The molecule has 0 saturated carbocycles. The molecule has 0 aliphatic carbocycles. The number of benzene rings is 2. The molecule has 1 aliphatic rings. The van der Waals surface area contributed by atoms with Crippen molar-refractivity contribution in [3.05, 3.63) is 59.2 Å². The van der Waals surface area contributed by atoms with Gasteiger partial charge in [-0.05, 0) is 56.0 Å². The summed E-state index contributed by atoms with van der Waals surface area (Å²) in [5, 5.41) is 3.11. The van der Waals surface area contributed by atoms with Gasteiger partial charge in [0.25, 0.3) is 5.91 Å². The molecule has 0 aromatic heterocycles. The monoisotopic (exact) mass is 367 g/mol. The van der Waals surface area contributed by atoms with E-state index < -0.39 is 0 Å². The van der Waals surface area contributed by atoms with E-state index in [1.54, 1.807) is 0 Å². The van der Waals surface area contributed by atoms with Gasteiger partial charge in [-0.1, -0.05) is 38.1 Å². The fourth-order valence-corrected chi connectivity index (χ4v) is 3.42. The standard InChI is InChI=1S/C23H29NO3/c1-15(2)17-7-9-18(10-8-17)26-14-22(25)24-20-13-23(4,5)27-21-12-16(3)6-11-19(20)21/h6-12,15,20H,13-14H2,1-5H3,(H,24,25)/t20-/m1/s1. The SMILES string of the molecule is Cc1ccc2c(c1)OC(C)(C)C[C@H]2NC(=O)COc1ccc(C(C)C)cc1. The summed E-state index contributed by atoms with van der Waals surface area (Å²) in [7, 11) is 0.